The summed E-state index contributed by atoms with van der Waals surface area (Å²) < 4.78 is 4.62. The van der Waals surface area contributed by atoms with Crippen LogP contribution in [0.3, 0.4) is 0 Å². The lowest BCUT2D eigenvalue weighted by Crippen LogP contribution is -2.47. The molecule has 2 unspecified atom stereocenters. The quantitative estimate of drug-likeness (QED) is 0.695. The number of ether oxygens (including phenoxy) is 1. The highest BCUT2D eigenvalue weighted by molar-refractivity contribution is 5.84. The van der Waals surface area contributed by atoms with Gasteiger partial charge in [-0.2, -0.15) is 0 Å². The van der Waals surface area contributed by atoms with Crippen molar-refractivity contribution in [3.8, 4) is 0 Å². The molecule has 1 aliphatic rings. The summed E-state index contributed by atoms with van der Waals surface area (Å²) in [6.45, 7) is 2.02. The smallest absolute Gasteiger partial charge is 0.328 e. The lowest BCUT2D eigenvalue weighted by molar-refractivity contribution is -0.145. The fourth-order valence-corrected chi connectivity index (χ4v) is 1.82. The number of likely N-dealkylation sites (tertiary alicyclic amines) is 1. The first-order chi connectivity index (χ1) is 8.47. The molecular formula is C11H18N2O5. The van der Waals surface area contributed by atoms with Gasteiger partial charge in [-0.15, -0.1) is 0 Å². The molecule has 0 aromatic rings. The molecule has 0 aliphatic carbocycles. The SMILES string of the molecule is COC(=O)C1CCCN1C(=O)NCC(C)C(=O)O. The molecule has 7 nitrogen and oxygen atoms in total. The highest BCUT2D eigenvalue weighted by Crippen LogP contribution is 2.18. The van der Waals surface area contributed by atoms with Crippen molar-refractivity contribution >= 4 is 18.0 Å². The van der Waals surface area contributed by atoms with E-state index in [0.717, 1.165) is 6.42 Å². The van der Waals surface area contributed by atoms with Crippen LogP contribution in [0.5, 0.6) is 0 Å². The number of hydrogen-bond acceptors (Lipinski definition) is 4. The lowest BCUT2D eigenvalue weighted by Gasteiger charge is -2.23. The summed E-state index contributed by atoms with van der Waals surface area (Å²) in [5.74, 6) is -2.07. The van der Waals surface area contributed by atoms with E-state index in [-0.39, 0.29) is 6.54 Å². The van der Waals surface area contributed by atoms with Crippen molar-refractivity contribution in [1.29, 1.82) is 0 Å². The molecule has 0 radical (unpaired) electrons. The number of carboxylic acid groups (broad SMARTS) is 1. The molecule has 0 aromatic carbocycles. The second-order valence-corrected chi connectivity index (χ2v) is 4.30. The number of amides is 2. The third-order valence-corrected chi connectivity index (χ3v) is 2.97. The van der Waals surface area contributed by atoms with Crippen LogP contribution in [-0.4, -0.2) is 54.2 Å². The Bertz CT molecular complexity index is 344. The largest absolute Gasteiger partial charge is 0.481 e. The molecule has 0 saturated carbocycles. The Morgan fingerprint density at radius 2 is 2.17 bits per heavy atom. The number of methoxy groups -OCH3 is 1. The second-order valence-electron chi connectivity index (χ2n) is 4.30. The number of urea groups is 1. The van der Waals surface area contributed by atoms with Crippen LogP contribution in [0.2, 0.25) is 0 Å². The Hall–Kier alpha value is -1.79. The number of rotatable bonds is 4. The Kier molecular flexibility index (Phi) is 4.94. The number of nitrogens with one attached hydrogen (secondary N) is 1. The minimum absolute atomic E-state index is 0.0402. The van der Waals surface area contributed by atoms with Crippen LogP contribution in [-0.2, 0) is 14.3 Å². The zero-order valence-electron chi connectivity index (χ0n) is 10.5. The maximum Gasteiger partial charge on any atom is 0.328 e. The van der Waals surface area contributed by atoms with Crippen molar-refractivity contribution in [1.82, 2.24) is 10.2 Å². The maximum absolute atomic E-state index is 11.8. The fraction of sp³-hybridized carbons (Fsp3) is 0.727. The maximum atomic E-state index is 11.8. The van der Waals surface area contributed by atoms with Gasteiger partial charge in [0.2, 0.25) is 0 Å². The zero-order chi connectivity index (χ0) is 13.7. The molecule has 0 aromatic heterocycles. The van der Waals surface area contributed by atoms with E-state index in [1.165, 1.54) is 18.9 Å². The van der Waals surface area contributed by atoms with Crippen molar-refractivity contribution in [2.45, 2.75) is 25.8 Å². The van der Waals surface area contributed by atoms with Crippen LogP contribution in [0.1, 0.15) is 19.8 Å². The standard InChI is InChI=1S/C11H18N2O5/c1-7(9(14)15)6-12-11(17)13-5-3-4-8(13)10(16)18-2/h7-8H,3-6H2,1-2H3,(H,12,17)(H,14,15). The van der Waals surface area contributed by atoms with Crippen molar-refractivity contribution in [2.75, 3.05) is 20.2 Å². The van der Waals surface area contributed by atoms with Gasteiger partial charge in [0.05, 0.1) is 13.0 Å². The molecule has 2 amide bonds. The van der Waals surface area contributed by atoms with Gasteiger partial charge in [-0.3, -0.25) is 4.79 Å². The number of nitrogens with zero attached hydrogens (tertiary/aromatic N) is 1. The van der Waals surface area contributed by atoms with E-state index in [9.17, 15) is 14.4 Å². The normalized spacial score (nSPS) is 20.3. The Labute approximate surface area is 105 Å². The van der Waals surface area contributed by atoms with Gasteiger partial charge < -0.3 is 20.1 Å². The molecule has 1 fully saturated rings. The van der Waals surface area contributed by atoms with Crippen LogP contribution >= 0.6 is 0 Å². The van der Waals surface area contributed by atoms with Gasteiger partial charge in [-0.25, -0.2) is 9.59 Å². The summed E-state index contributed by atoms with van der Waals surface area (Å²) >= 11 is 0. The van der Waals surface area contributed by atoms with Crippen molar-refractivity contribution in [3.63, 3.8) is 0 Å². The van der Waals surface area contributed by atoms with Gasteiger partial charge in [-0.05, 0) is 12.8 Å². The zero-order valence-corrected chi connectivity index (χ0v) is 10.5. The van der Waals surface area contributed by atoms with Crippen LogP contribution in [0.15, 0.2) is 0 Å². The summed E-state index contributed by atoms with van der Waals surface area (Å²) in [5.41, 5.74) is 0. The molecule has 0 spiro atoms. The minimum Gasteiger partial charge on any atom is -0.481 e. The predicted octanol–water partition coefficient (Wildman–Crippen LogP) is 0.0541. The molecular weight excluding hydrogens is 240 g/mol. The monoisotopic (exact) mass is 258 g/mol. The Balaban J connectivity index is 2.50. The van der Waals surface area contributed by atoms with Crippen molar-refractivity contribution < 1.29 is 24.2 Å². The number of carboxylic acids is 1. The van der Waals surface area contributed by atoms with E-state index in [2.05, 4.69) is 10.1 Å². The summed E-state index contributed by atoms with van der Waals surface area (Å²) in [7, 11) is 1.28. The first-order valence-corrected chi connectivity index (χ1v) is 5.82. The van der Waals surface area contributed by atoms with E-state index in [0.29, 0.717) is 13.0 Å². The average Bonchev–Trinajstić information content (AvgIpc) is 2.83. The van der Waals surface area contributed by atoms with Gasteiger partial charge in [-0.1, -0.05) is 6.92 Å². The second kappa shape index (κ2) is 6.23. The van der Waals surface area contributed by atoms with Crippen molar-refractivity contribution in [2.24, 2.45) is 5.92 Å². The van der Waals surface area contributed by atoms with Gasteiger partial charge in [0.1, 0.15) is 6.04 Å². The van der Waals surface area contributed by atoms with Crippen LogP contribution < -0.4 is 5.32 Å². The molecule has 2 N–H and O–H groups in total. The molecule has 102 valence electrons. The molecule has 2 atom stereocenters. The number of carbonyl (C=O) groups excluding carboxylic acids is 2. The van der Waals surface area contributed by atoms with Gasteiger partial charge in [0, 0.05) is 13.1 Å². The number of hydrogen-bond donors (Lipinski definition) is 2. The highest BCUT2D eigenvalue weighted by Gasteiger charge is 2.34. The first kappa shape index (κ1) is 14.3. The summed E-state index contributed by atoms with van der Waals surface area (Å²) in [5, 5.41) is 11.2. The van der Waals surface area contributed by atoms with Gasteiger partial charge >= 0.3 is 18.0 Å². The van der Waals surface area contributed by atoms with Crippen molar-refractivity contribution in [3.05, 3.63) is 0 Å². The minimum atomic E-state index is -0.971. The molecule has 1 heterocycles. The predicted molar refractivity (Wildman–Crippen MR) is 61.9 cm³/mol. The molecule has 1 saturated heterocycles. The average molecular weight is 258 g/mol. The molecule has 7 heteroatoms. The van der Waals surface area contributed by atoms with E-state index < -0.39 is 29.9 Å². The molecule has 1 rings (SSSR count). The third kappa shape index (κ3) is 3.35. The molecule has 18 heavy (non-hydrogen) atoms. The number of esters is 1. The first-order valence-electron chi connectivity index (χ1n) is 5.82. The van der Waals surface area contributed by atoms with Crippen LogP contribution in [0.4, 0.5) is 4.79 Å². The number of aliphatic carboxylic acids is 1. The summed E-state index contributed by atoms with van der Waals surface area (Å²) in [6.07, 6.45) is 1.32. The Morgan fingerprint density at radius 1 is 1.50 bits per heavy atom. The molecule has 1 aliphatic heterocycles. The van der Waals surface area contributed by atoms with Crippen LogP contribution in [0, 0.1) is 5.92 Å². The number of carbonyl (C=O) groups is 3. The lowest BCUT2D eigenvalue weighted by atomic mass is 10.2. The summed E-state index contributed by atoms with van der Waals surface area (Å²) in [6, 6.07) is -0.980. The van der Waals surface area contributed by atoms with E-state index >= 15 is 0 Å². The highest BCUT2D eigenvalue weighted by atomic mass is 16.5. The topological polar surface area (TPSA) is 95.9 Å². The van der Waals surface area contributed by atoms with Gasteiger partial charge in [0.25, 0.3) is 0 Å². The summed E-state index contributed by atoms with van der Waals surface area (Å²) in [4.78, 5) is 35.3. The Morgan fingerprint density at radius 3 is 2.72 bits per heavy atom. The van der Waals surface area contributed by atoms with Crippen LogP contribution in [0.25, 0.3) is 0 Å². The van der Waals surface area contributed by atoms with E-state index in [1.807, 2.05) is 0 Å². The third-order valence-electron chi connectivity index (χ3n) is 2.97. The fourth-order valence-electron chi connectivity index (χ4n) is 1.82. The van der Waals surface area contributed by atoms with Gasteiger partial charge in [0.15, 0.2) is 0 Å². The molecule has 0 bridgehead atoms. The van der Waals surface area contributed by atoms with E-state index in [4.69, 9.17) is 5.11 Å². The van der Waals surface area contributed by atoms with E-state index in [1.54, 1.807) is 0 Å².